The van der Waals surface area contributed by atoms with Gasteiger partial charge in [-0.2, -0.15) is 0 Å². The van der Waals surface area contributed by atoms with Crippen molar-refractivity contribution in [3.05, 3.63) is 22.7 Å². The number of rotatable bonds is 4. The number of esters is 1. The zero-order valence-corrected chi connectivity index (χ0v) is 14.8. The molecular weight excluding hydrogens is 352 g/mol. The van der Waals surface area contributed by atoms with E-state index < -0.39 is 24.0 Å². The van der Waals surface area contributed by atoms with Gasteiger partial charge in [-0.3, -0.25) is 10.1 Å². The molecule has 8 nitrogen and oxygen atoms in total. The molecule has 1 aromatic rings. The third-order valence-electron chi connectivity index (χ3n) is 3.14. The van der Waals surface area contributed by atoms with Crippen LogP contribution >= 0.6 is 11.6 Å². The largest absolute Gasteiger partial charge is 0.486 e. The van der Waals surface area contributed by atoms with Crippen molar-refractivity contribution < 1.29 is 28.6 Å². The highest BCUT2D eigenvalue weighted by Gasteiger charge is 2.24. The molecule has 0 unspecified atom stereocenters. The molecule has 0 radical (unpaired) electrons. The van der Waals surface area contributed by atoms with Crippen molar-refractivity contribution in [2.45, 2.75) is 32.9 Å². The van der Waals surface area contributed by atoms with Gasteiger partial charge >= 0.3 is 12.0 Å². The maximum Gasteiger partial charge on any atom is 0.339 e. The fraction of sp³-hybridized carbons (Fsp3) is 0.438. The molecule has 1 atom stereocenters. The topological polar surface area (TPSA) is 103 Å². The summed E-state index contributed by atoms with van der Waals surface area (Å²) in [4.78, 5) is 35.6. The number of nitrogens with one attached hydrogen (secondary N) is 2. The summed E-state index contributed by atoms with van der Waals surface area (Å²) in [6, 6.07) is 2.00. The van der Waals surface area contributed by atoms with Crippen LogP contribution in [0.2, 0.25) is 5.02 Å². The molecule has 0 fully saturated rings. The molecule has 0 saturated heterocycles. The van der Waals surface area contributed by atoms with Crippen LogP contribution < -0.4 is 20.1 Å². The van der Waals surface area contributed by atoms with E-state index in [9.17, 15) is 14.4 Å². The summed E-state index contributed by atoms with van der Waals surface area (Å²) in [5.74, 6) is -0.819. The number of benzene rings is 1. The van der Waals surface area contributed by atoms with E-state index in [1.165, 1.54) is 19.1 Å². The van der Waals surface area contributed by atoms with Gasteiger partial charge in [-0.1, -0.05) is 11.6 Å². The van der Waals surface area contributed by atoms with Crippen LogP contribution in [0.1, 0.15) is 31.1 Å². The van der Waals surface area contributed by atoms with Crippen LogP contribution in [-0.4, -0.2) is 43.3 Å². The van der Waals surface area contributed by atoms with E-state index in [4.69, 9.17) is 25.8 Å². The fourth-order valence-corrected chi connectivity index (χ4v) is 2.29. The van der Waals surface area contributed by atoms with Crippen molar-refractivity contribution in [1.29, 1.82) is 0 Å². The monoisotopic (exact) mass is 370 g/mol. The number of halogens is 1. The maximum absolute atomic E-state index is 12.2. The lowest BCUT2D eigenvalue weighted by molar-refractivity contribution is -0.127. The van der Waals surface area contributed by atoms with Gasteiger partial charge in [0.25, 0.3) is 5.91 Å². The number of ether oxygens (including phenoxy) is 3. The number of imide groups is 1. The Morgan fingerprint density at radius 2 is 1.84 bits per heavy atom. The first-order valence-corrected chi connectivity index (χ1v) is 8.07. The molecule has 9 heteroatoms. The lowest BCUT2D eigenvalue weighted by Gasteiger charge is -2.20. The molecule has 1 aliphatic rings. The molecule has 0 aromatic heterocycles. The third kappa shape index (κ3) is 4.99. The quantitative estimate of drug-likeness (QED) is 0.784. The average molecular weight is 371 g/mol. The zero-order chi connectivity index (χ0) is 18.6. The number of amides is 3. The molecular formula is C16H19ClN2O6. The minimum Gasteiger partial charge on any atom is -0.486 e. The van der Waals surface area contributed by atoms with E-state index >= 15 is 0 Å². The highest BCUT2D eigenvalue weighted by molar-refractivity contribution is 6.32. The van der Waals surface area contributed by atoms with Crippen LogP contribution in [0.25, 0.3) is 0 Å². The van der Waals surface area contributed by atoms with Gasteiger partial charge in [0.2, 0.25) is 0 Å². The van der Waals surface area contributed by atoms with Crippen molar-refractivity contribution in [2.75, 3.05) is 13.2 Å². The van der Waals surface area contributed by atoms with E-state index in [0.717, 1.165) is 0 Å². The van der Waals surface area contributed by atoms with Crippen molar-refractivity contribution in [3.8, 4) is 11.5 Å². The van der Waals surface area contributed by atoms with Gasteiger partial charge in [-0.15, -0.1) is 0 Å². The van der Waals surface area contributed by atoms with Crippen LogP contribution in [0.15, 0.2) is 12.1 Å². The Bertz CT molecular complexity index is 691. The summed E-state index contributed by atoms with van der Waals surface area (Å²) >= 11 is 6.06. The van der Waals surface area contributed by atoms with Gasteiger partial charge in [0.15, 0.2) is 17.6 Å². The highest BCUT2D eigenvalue weighted by atomic mass is 35.5. The van der Waals surface area contributed by atoms with Crippen LogP contribution in [0.3, 0.4) is 0 Å². The van der Waals surface area contributed by atoms with Gasteiger partial charge in [0, 0.05) is 6.04 Å². The number of carbonyl (C=O) groups is 3. The Labute approximate surface area is 149 Å². The minimum absolute atomic E-state index is 0.112. The number of carbonyl (C=O) groups excluding carboxylic acids is 3. The first kappa shape index (κ1) is 18.9. The van der Waals surface area contributed by atoms with Gasteiger partial charge < -0.3 is 19.5 Å². The lowest BCUT2D eigenvalue weighted by atomic mass is 10.2. The smallest absolute Gasteiger partial charge is 0.339 e. The predicted molar refractivity (Wildman–Crippen MR) is 89.1 cm³/mol. The summed E-state index contributed by atoms with van der Waals surface area (Å²) < 4.78 is 15.8. The molecule has 0 spiro atoms. The van der Waals surface area contributed by atoms with Crippen molar-refractivity contribution >= 4 is 29.5 Å². The fourth-order valence-electron chi connectivity index (χ4n) is 2.02. The first-order chi connectivity index (χ1) is 11.8. The molecule has 2 N–H and O–H groups in total. The van der Waals surface area contributed by atoms with Crippen LogP contribution in [-0.2, 0) is 9.53 Å². The predicted octanol–water partition coefficient (Wildman–Crippen LogP) is 1.89. The van der Waals surface area contributed by atoms with Crippen LogP contribution in [0, 0.1) is 0 Å². The Kier molecular flexibility index (Phi) is 6.08. The van der Waals surface area contributed by atoms with E-state index in [1.807, 2.05) is 0 Å². The van der Waals surface area contributed by atoms with Crippen LogP contribution in [0.4, 0.5) is 4.79 Å². The summed E-state index contributed by atoms with van der Waals surface area (Å²) in [5.41, 5.74) is 0.112. The first-order valence-electron chi connectivity index (χ1n) is 7.69. The zero-order valence-electron chi connectivity index (χ0n) is 14.1. The van der Waals surface area contributed by atoms with Gasteiger partial charge in [0.05, 0.1) is 10.6 Å². The Morgan fingerprint density at radius 1 is 1.16 bits per heavy atom. The molecule has 1 heterocycles. The Morgan fingerprint density at radius 3 is 2.52 bits per heavy atom. The van der Waals surface area contributed by atoms with E-state index in [2.05, 4.69) is 10.6 Å². The number of fused-ring (bicyclic) bond motifs is 1. The number of hydrogen-bond acceptors (Lipinski definition) is 6. The van der Waals surface area contributed by atoms with Gasteiger partial charge in [0.1, 0.15) is 13.2 Å². The van der Waals surface area contributed by atoms with Crippen LogP contribution in [0.5, 0.6) is 11.5 Å². The highest BCUT2D eigenvalue weighted by Crippen LogP contribution is 2.38. The molecule has 1 aromatic carbocycles. The Hall–Kier alpha value is -2.48. The molecule has 1 aliphatic heterocycles. The maximum atomic E-state index is 12.2. The molecule has 2 rings (SSSR count). The normalized spacial score (nSPS) is 13.8. The standard InChI is InChI=1S/C16H19ClN2O6/c1-8(2)18-16(22)19-14(20)9(3)25-15(21)10-6-11(17)13-12(7-10)23-4-5-24-13/h6-9H,4-5H2,1-3H3,(H2,18,19,20,22)/t9-/m0/s1. The third-order valence-corrected chi connectivity index (χ3v) is 3.42. The summed E-state index contributed by atoms with van der Waals surface area (Å²) in [5, 5.41) is 4.79. The average Bonchev–Trinajstić information content (AvgIpc) is 2.53. The summed E-state index contributed by atoms with van der Waals surface area (Å²) in [6.45, 7) is 5.56. The second-order valence-electron chi connectivity index (χ2n) is 5.65. The van der Waals surface area contributed by atoms with Crippen molar-refractivity contribution in [2.24, 2.45) is 0 Å². The molecule has 25 heavy (non-hydrogen) atoms. The molecule has 3 amide bonds. The molecule has 136 valence electrons. The van der Waals surface area contributed by atoms with E-state index in [0.29, 0.717) is 24.7 Å². The lowest BCUT2D eigenvalue weighted by Crippen LogP contribution is -2.46. The molecule has 0 saturated carbocycles. The second-order valence-corrected chi connectivity index (χ2v) is 6.05. The second kappa shape index (κ2) is 8.06. The summed E-state index contributed by atoms with van der Waals surface area (Å²) in [6.07, 6.45) is -1.17. The Balaban J connectivity index is 2.00. The van der Waals surface area contributed by atoms with E-state index in [-0.39, 0.29) is 16.6 Å². The van der Waals surface area contributed by atoms with E-state index in [1.54, 1.807) is 13.8 Å². The number of urea groups is 1. The van der Waals surface area contributed by atoms with Gasteiger partial charge in [-0.05, 0) is 32.9 Å². The van der Waals surface area contributed by atoms with Crippen molar-refractivity contribution in [3.63, 3.8) is 0 Å². The summed E-state index contributed by atoms with van der Waals surface area (Å²) in [7, 11) is 0. The molecule has 0 aliphatic carbocycles. The minimum atomic E-state index is -1.17. The molecule has 0 bridgehead atoms. The van der Waals surface area contributed by atoms with Gasteiger partial charge in [-0.25, -0.2) is 9.59 Å². The number of hydrogen-bond donors (Lipinski definition) is 2. The van der Waals surface area contributed by atoms with Crippen molar-refractivity contribution in [1.82, 2.24) is 10.6 Å². The SMILES string of the molecule is CC(C)NC(=O)NC(=O)[C@H](C)OC(=O)c1cc(Cl)c2c(c1)OCCO2.